The van der Waals surface area contributed by atoms with E-state index in [-0.39, 0.29) is 12.5 Å². The molecular formula is C16H16ClNO3. The smallest absolute Gasteiger partial charge is 0.262 e. The molecule has 5 heteroatoms. The molecule has 0 unspecified atom stereocenters. The van der Waals surface area contributed by atoms with Crippen LogP contribution >= 0.6 is 11.6 Å². The summed E-state index contributed by atoms with van der Waals surface area (Å²) in [4.78, 5) is 11.8. The van der Waals surface area contributed by atoms with Gasteiger partial charge in [0.1, 0.15) is 11.5 Å². The van der Waals surface area contributed by atoms with E-state index < -0.39 is 0 Å². The number of methoxy groups -OCH3 is 1. The highest BCUT2D eigenvalue weighted by atomic mass is 35.5. The maximum absolute atomic E-state index is 11.8. The Kier molecular flexibility index (Phi) is 5.06. The number of rotatable bonds is 5. The minimum absolute atomic E-state index is 0.0610. The molecule has 0 spiro atoms. The lowest BCUT2D eigenvalue weighted by Crippen LogP contribution is -2.20. The first-order chi connectivity index (χ1) is 10.1. The number of ether oxygens (including phenoxy) is 2. The Morgan fingerprint density at radius 1 is 1.19 bits per heavy atom. The highest BCUT2D eigenvalue weighted by Crippen LogP contribution is 2.21. The highest BCUT2D eigenvalue weighted by molar-refractivity contribution is 6.30. The zero-order valence-electron chi connectivity index (χ0n) is 11.9. The Balaban J connectivity index is 1.89. The lowest BCUT2D eigenvalue weighted by atomic mass is 10.2. The number of aryl methyl sites for hydroxylation is 1. The molecule has 0 saturated heterocycles. The summed E-state index contributed by atoms with van der Waals surface area (Å²) >= 11 is 5.87. The minimum atomic E-state index is -0.227. The molecule has 0 heterocycles. The Hall–Kier alpha value is -2.20. The van der Waals surface area contributed by atoms with E-state index >= 15 is 0 Å². The number of carbonyl (C=O) groups is 1. The summed E-state index contributed by atoms with van der Waals surface area (Å²) < 4.78 is 10.5. The highest BCUT2D eigenvalue weighted by Gasteiger charge is 2.06. The first kappa shape index (κ1) is 15.2. The summed E-state index contributed by atoms with van der Waals surface area (Å²) in [5.41, 5.74) is 1.58. The molecule has 0 saturated carbocycles. The number of nitrogens with one attached hydrogen (secondary N) is 1. The van der Waals surface area contributed by atoms with Crippen molar-refractivity contribution in [2.75, 3.05) is 19.0 Å². The molecule has 0 aliphatic heterocycles. The molecule has 4 nitrogen and oxygen atoms in total. The van der Waals surface area contributed by atoms with Crippen molar-refractivity contribution in [1.29, 1.82) is 0 Å². The topological polar surface area (TPSA) is 47.6 Å². The fourth-order valence-electron chi connectivity index (χ4n) is 1.79. The van der Waals surface area contributed by atoms with Gasteiger partial charge in [-0.1, -0.05) is 11.6 Å². The minimum Gasteiger partial charge on any atom is -0.497 e. The average Bonchev–Trinajstić information content (AvgIpc) is 2.47. The van der Waals surface area contributed by atoms with Crippen molar-refractivity contribution < 1.29 is 14.3 Å². The van der Waals surface area contributed by atoms with Gasteiger partial charge in [0.15, 0.2) is 6.61 Å². The van der Waals surface area contributed by atoms with Gasteiger partial charge in [-0.3, -0.25) is 4.79 Å². The average molecular weight is 306 g/mol. The monoisotopic (exact) mass is 305 g/mol. The van der Waals surface area contributed by atoms with Crippen LogP contribution in [0.15, 0.2) is 42.5 Å². The second kappa shape index (κ2) is 6.99. The van der Waals surface area contributed by atoms with Crippen molar-refractivity contribution in [3.05, 3.63) is 53.1 Å². The van der Waals surface area contributed by atoms with Crippen molar-refractivity contribution in [3.8, 4) is 11.5 Å². The zero-order valence-corrected chi connectivity index (χ0v) is 12.6. The molecule has 1 amide bonds. The number of hydrogen-bond donors (Lipinski definition) is 1. The molecular weight excluding hydrogens is 290 g/mol. The third kappa shape index (κ3) is 4.39. The van der Waals surface area contributed by atoms with E-state index in [1.807, 2.05) is 6.92 Å². The molecule has 2 aromatic rings. The van der Waals surface area contributed by atoms with Crippen molar-refractivity contribution >= 4 is 23.2 Å². The number of benzene rings is 2. The molecule has 2 aromatic carbocycles. The number of carbonyl (C=O) groups excluding carboxylic acids is 1. The number of anilines is 1. The largest absolute Gasteiger partial charge is 0.497 e. The lowest BCUT2D eigenvalue weighted by Gasteiger charge is -2.10. The van der Waals surface area contributed by atoms with Gasteiger partial charge in [0.25, 0.3) is 5.91 Å². The predicted octanol–water partition coefficient (Wildman–Crippen LogP) is 3.67. The van der Waals surface area contributed by atoms with Gasteiger partial charge < -0.3 is 14.8 Å². The molecule has 1 N–H and O–H groups in total. The number of hydrogen-bond acceptors (Lipinski definition) is 3. The maximum atomic E-state index is 11.8. The van der Waals surface area contributed by atoms with Gasteiger partial charge in [0, 0.05) is 10.7 Å². The van der Waals surface area contributed by atoms with Crippen molar-refractivity contribution in [2.24, 2.45) is 0 Å². The molecule has 0 bridgehead atoms. The third-order valence-corrected chi connectivity index (χ3v) is 3.10. The van der Waals surface area contributed by atoms with Crippen LogP contribution in [-0.2, 0) is 4.79 Å². The first-order valence-corrected chi connectivity index (χ1v) is 6.79. The second-order valence-electron chi connectivity index (χ2n) is 4.48. The van der Waals surface area contributed by atoms with E-state index in [1.54, 1.807) is 49.6 Å². The van der Waals surface area contributed by atoms with Crippen molar-refractivity contribution in [3.63, 3.8) is 0 Å². The van der Waals surface area contributed by atoms with Gasteiger partial charge in [-0.15, -0.1) is 0 Å². The summed E-state index contributed by atoms with van der Waals surface area (Å²) in [7, 11) is 1.59. The standard InChI is InChI=1S/C16H16ClNO3/c1-11-9-12(17)3-8-15(11)21-10-16(19)18-13-4-6-14(20-2)7-5-13/h3-9H,10H2,1-2H3,(H,18,19). The molecule has 0 fully saturated rings. The van der Waals surface area contributed by atoms with Crippen LogP contribution in [-0.4, -0.2) is 19.6 Å². The summed E-state index contributed by atoms with van der Waals surface area (Å²) in [6.07, 6.45) is 0. The third-order valence-electron chi connectivity index (χ3n) is 2.87. The Bertz CT molecular complexity index is 626. The fraction of sp³-hybridized carbons (Fsp3) is 0.188. The summed E-state index contributed by atoms with van der Waals surface area (Å²) in [6.45, 7) is 1.82. The summed E-state index contributed by atoms with van der Waals surface area (Å²) in [5, 5.41) is 3.39. The molecule has 0 atom stereocenters. The normalized spacial score (nSPS) is 10.0. The van der Waals surface area contributed by atoms with E-state index in [2.05, 4.69) is 5.32 Å². The Morgan fingerprint density at radius 3 is 2.52 bits per heavy atom. The van der Waals surface area contributed by atoms with Crippen LogP contribution in [0.25, 0.3) is 0 Å². The zero-order chi connectivity index (χ0) is 15.2. The molecule has 0 aliphatic carbocycles. The summed E-state index contributed by atoms with van der Waals surface area (Å²) in [6, 6.07) is 12.4. The predicted molar refractivity (Wildman–Crippen MR) is 83.3 cm³/mol. The SMILES string of the molecule is COc1ccc(NC(=O)COc2ccc(Cl)cc2C)cc1. The van der Waals surface area contributed by atoms with E-state index in [0.717, 1.165) is 11.3 Å². The van der Waals surface area contributed by atoms with E-state index in [0.29, 0.717) is 16.5 Å². The van der Waals surface area contributed by atoms with E-state index in [1.165, 1.54) is 0 Å². The summed E-state index contributed by atoms with van der Waals surface area (Å²) in [5.74, 6) is 1.15. The van der Waals surface area contributed by atoms with Gasteiger partial charge >= 0.3 is 0 Å². The van der Waals surface area contributed by atoms with Crippen LogP contribution in [0.1, 0.15) is 5.56 Å². The molecule has 0 aliphatic rings. The quantitative estimate of drug-likeness (QED) is 0.916. The van der Waals surface area contributed by atoms with Crippen LogP contribution in [0.2, 0.25) is 5.02 Å². The van der Waals surface area contributed by atoms with Gasteiger partial charge in [0.2, 0.25) is 0 Å². The molecule has 0 aromatic heterocycles. The van der Waals surface area contributed by atoms with Gasteiger partial charge in [-0.05, 0) is 55.0 Å². The molecule has 0 radical (unpaired) electrons. The molecule has 110 valence electrons. The Morgan fingerprint density at radius 2 is 1.90 bits per heavy atom. The van der Waals surface area contributed by atoms with Gasteiger partial charge in [-0.2, -0.15) is 0 Å². The van der Waals surface area contributed by atoms with Crippen molar-refractivity contribution in [1.82, 2.24) is 0 Å². The van der Waals surface area contributed by atoms with Crippen molar-refractivity contribution in [2.45, 2.75) is 6.92 Å². The van der Waals surface area contributed by atoms with Gasteiger partial charge in [-0.25, -0.2) is 0 Å². The molecule has 21 heavy (non-hydrogen) atoms. The fourth-order valence-corrected chi connectivity index (χ4v) is 2.02. The van der Waals surface area contributed by atoms with E-state index in [4.69, 9.17) is 21.1 Å². The lowest BCUT2D eigenvalue weighted by molar-refractivity contribution is -0.118. The second-order valence-corrected chi connectivity index (χ2v) is 4.91. The number of amides is 1. The van der Waals surface area contributed by atoms with Crippen LogP contribution in [0.3, 0.4) is 0 Å². The van der Waals surface area contributed by atoms with Crippen LogP contribution in [0.5, 0.6) is 11.5 Å². The van der Waals surface area contributed by atoms with Gasteiger partial charge in [0.05, 0.1) is 7.11 Å². The Labute approximate surface area is 128 Å². The molecule has 2 rings (SSSR count). The number of halogens is 1. The van der Waals surface area contributed by atoms with Crippen LogP contribution < -0.4 is 14.8 Å². The van der Waals surface area contributed by atoms with Crippen LogP contribution in [0.4, 0.5) is 5.69 Å². The van der Waals surface area contributed by atoms with Crippen LogP contribution in [0, 0.1) is 6.92 Å². The maximum Gasteiger partial charge on any atom is 0.262 e. The first-order valence-electron chi connectivity index (χ1n) is 6.41. The van der Waals surface area contributed by atoms with E-state index in [9.17, 15) is 4.79 Å².